The van der Waals surface area contributed by atoms with Gasteiger partial charge >= 0.3 is 0 Å². The number of rotatable bonds is 3. The van der Waals surface area contributed by atoms with Gasteiger partial charge in [0.15, 0.2) is 0 Å². The van der Waals surface area contributed by atoms with Gasteiger partial charge in [-0.05, 0) is 6.92 Å². The fourth-order valence-corrected chi connectivity index (χ4v) is 1.98. The topological polar surface area (TPSA) is 50.3 Å². The quantitative estimate of drug-likeness (QED) is 0.857. The fraction of sp³-hybridized carbons (Fsp3) is 0.667. The molecule has 1 aliphatic rings. The molecule has 1 aliphatic heterocycles. The Morgan fingerprint density at radius 3 is 3.00 bits per heavy atom. The van der Waals surface area contributed by atoms with E-state index in [1.54, 1.807) is 0 Å². The molecule has 1 aromatic rings. The van der Waals surface area contributed by atoms with Gasteiger partial charge in [-0.3, -0.25) is 0 Å². The SMILES string of the molecule is CCc1nc(NC)cc(N2CCOCC2C)n1. The Morgan fingerprint density at radius 1 is 1.53 bits per heavy atom. The van der Waals surface area contributed by atoms with Crippen LogP contribution in [0, 0.1) is 0 Å². The molecular formula is C12H20N4O. The van der Waals surface area contributed by atoms with E-state index in [-0.39, 0.29) is 0 Å². The molecule has 2 rings (SSSR count). The molecular weight excluding hydrogens is 216 g/mol. The summed E-state index contributed by atoms with van der Waals surface area (Å²) >= 11 is 0. The minimum Gasteiger partial charge on any atom is -0.377 e. The van der Waals surface area contributed by atoms with E-state index in [1.807, 2.05) is 13.1 Å². The van der Waals surface area contributed by atoms with Gasteiger partial charge in [-0.25, -0.2) is 9.97 Å². The summed E-state index contributed by atoms with van der Waals surface area (Å²) in [7, 11) is 1.88. The third-order valence-electron chi connectivity index (χ3n) is 2.99. The first-order valence-electron chi connectivity index (χ1n) is 6.14. The Morgan fingerprint density at radius 2 is 2.35 bits per heavy atom. The highest BCUT2D eigenvalue weighted by molar-refractivity contribution is 5.50. The lowest BCUT2D eigenvalue weighted by molar-refractivity contribution is 0.0985. The lowest BCUT2D eigenvalue weighted by Gasteiger charge is -2.34. The van der Waals surface area contributed by atoms with Crippen LogP contribution >= 0.6 is 0 Å². The number of aromatic nitrogens is 2. The maximum absolute atomic E-state index is 5.45. The summed E-state index contributed by atoms with van der Waals surface area (Å²) in [4.78, 5) is 11.3. The molecule has 0 bridgehead atoms. The number of nitrogens with zero attached hydrogens (tertiary/aromatic N) is 3. The standard InChI is InChI=1S/C12H20N4O/c1-4-10-14-11(13-3)7-12(15-10)16-5-6-17-8-9(16)2/h7,9H,4-6,8H2,1-3H3,(H,13,14,15). The van der Waals surface area contributed by atoms with Gasteiger partial charge in [0.05, 0.1) is 19.3 Å². The minimum atomic E-state index is 0.369. The summed E-state index contributed by atoms with van der Waals surface area (Å²) in [5.41, 5.74) is 0. The van der Waals surface area contributed by atoms with Crippen molar-refractivity contribution in [2.24, 2.45) is 0 Å². The summed E-state index contributed by atoms with van der Waals surface area (Å²) in [5.74, 6) is 2.76. The number of hydrogen-bond donors (Lipinski definition) is 1. The van der Waals surface area contributed by atoms with E-state index >= 15 is 0 Å². The van der Waals surface area contributed by atoms with Crippen molar-refractivity contribution in [1.82, 2.24) is 9.97 Å². The Labute approximate surface area is 102 Å². The zero-order valence-corrected chi connectivity index (χ0v) is 10.7. The largest absolute Gasteiger partial charge is 0.377 e. The van der Waals surface area contributed by atoms with Crippen LogP contribution in [0.1, 0.15) is 19.7 Å². The molecule has 1 atom stereocenters. The number of hydrogen-bond acceptors (Lipinski definition) is 5. The normalized spacial score (nSPS) is 20.4. The third kappa shape index (κ3) is 2.66. The van der Waals surface area contributed by atoms with Crippen LogP contribution < -0.4 is 10.2 Å². The first-order valence-corrected chi connectivity index (χ1v) is 6.14. The zero-order chi connectivity index (χ0) is 12.3. The summed E-state index contributed by atoms with van der Waals surface area (Å²) in [6, 6.07) is 2.37. The lowest BCUT2D eigenvalue weighted by atomic mass is 10.2. The Bertz CT molecular complexity index is 361. The Kier molecular flexibility index (Phi) is 3.78. The Balaban J connectivity index is 2.29. The second-order valence-electron chi connectivity index (χ2n) is 4.25. The highest BCUT2D eigenvalue weighted by Crippen LogP contribution is 2.20. The number of anilines is 2. The van der Waals surface area contributed by atoms with Crippen LogP contribution in [0.15, 0.2) is 6.07 Å². The summed E-state index contributed by atoms with van der Waals surface area (Å²) in [6.45, 7) is 6.66. The van der Waals surface area contributed by atoms with E-state index in [9.17, 15) is 0 Å². The molecule has 0 spiro atoms. The van der Waals surface area contributed by atoms with E-state index in [1.165, 1.54) is 0 Å². The van der Waals surface area contributed by atoms with Gasteiger partial charge in [-0.15, -0.1) is 0 Å². The van der Waals surface area contributed by atoms with Crippen LogP contribution in [0.5, 0.6) is 0 Å². The second-order valence-corrected chi connectivity index (χ2v) is 4.25. The second kappa shape index (κ2) is 5.31. The average molecular weight is 236 g/mol. The molecule has 1 saturated heterocycles. The van der Waals surface area contributed by atoms with Crippen molar-refractivity contribution in [3.63, 3.8) is 0 Å². The number of ether oxygens (including phenoxy) is 1. The number of nitrogens with one attached hydrogen (secondary N) is 1. The van der Waals surface area contributed by atoms with E-state index in [0.29, 0.717) is 6.04 Å². The molecule has 2 heterocycles. The predicted molar refractivity (Wildman–Crippen MR) is 68.6 cm³/mol. The van der Waals surface area contributed by atoms with Crippen molar-refractivity contribution in [1.29, 1.82) is 0 Å². The van der Waals surface area contributed by atoms with Gasteiger partial charge in [0.1, 0.15) is 17.5 Å². The van der Waals surface area contributed by atoms with Crippen LogP contribution in [0.25, 0.3) is 0 Å². The molecule has 0 amide bonds. The lowest BCUT2D eigenvalue weighted by Crippen LogP contribution is -2.44. The smallest absolute Gasteiger partial charge is 0.134 e. The van der Waals surface area contributed by atoms with Crippen molar-refractivity contribution in [3.05, 3.63) is 11.9 Å². The van der Waals surface area contributed by atoms with Crippen LogP contribution in [-0.4, -0.2) is 42.8 Å². The van der Waals surface area contributed by atoms with Gasteiger partial charge in [-0.1, -0.05) is 6.92 Å². The highest BCUT2D eigenvalue weighted by Gasteiger charge is 2.21. The van der Waals surface area contributed by atoms with Crippen LogP contribution in [0.4, 0.5) is 11.6 Å². The molecule has 17 heavy (non-hydrogen) atoms. The first kappa shape index (κ1) is 12.1. The molecule has 0 aliphatic carbocycles. The molecule has 0 radical (unpaired) electrons. The van der Waals surface area contributed by atoms with Crippen LogP contribution in [-0.2, 0) is 11.2 Å². The summed E-state index contributed by atoms with van der Waals surface area (Å²) in [5, 5.41) is 3.09. The third-order valence-corrected chi connectivity index (χ3v) is 2.99. The van der Waals surface area contributed by atoms with E-state index in [4.69, 9.17) is 4.74 Å². The van der Waals surface area contributed by atoms with E-state index < -0.39 is 0 Å². The van der Waals surface area contributed by atoms with Gasteiger partial charge in [-0.2, -0.15) is 0 Å². The molecule has 1 aromatic heterocycles. The van der Waals surface area contributed by atoms with Crippen molar-refractivity contribution in [2.45, 2.75) is 26.3 Å². The predicted octanol–water partition coefficient (Wildman–Crippen LogP) is 1.31. The van der Waals surface area contributed by atoms with Crippen molar-refractivity contribution in [3.8, 4) is 0 Å². The molecule has 94 valence electrons. The first-order chi connectivity index (χ1) is 8.24. The number of aryl methyl sites for hydroxylation is 1. The molecule has 5 nitrogen and oxygen atoms in total. The fourth-order valence-electron chi connectivity index (χ4n) is 1.98. The van der Waals surface area contributed by atoms with Gasteiger partial charge < -0.3 is 15.0 Å². The van der Waals surface area contributed by atoms with Crippen LogP contribution in [0.2, 0.25) is 0 Å². The summed E-state index contributed by atoms with van der Waals surface area (Å²) < 4.78 is 5.45. The average Bonchev–Trinajstić information content (AvgIpc) is 2.38. The highest BCUT2D eigenvalue weighted by atomic mass is 16.5. The van der Waals surface area contributed by atoms with Crippen molar-refractivity contribution >= 4 is 11.6 Å². The van der Waals surface area contributed by atoms with Crippen molar-refractivity contribution < 1.29 is 4.74 Å². The number of morpholine rings is 1. The monoisotopic (exact) mass is 236 g/mol. The van der Waals surface area contributed by atoms with Crippen LogP contribution in [0.3, 0.4) is 0 Å². The van der Waals surface area contributed by atoms with Gasteiger partial charge in [0.2, 0.25) is 0 Å². The zero-order valence-electron chi connectivity index (χ0n) is 10.7. The molecule has 5 heteroatoms. The summed E-state index contributed by atoms with van der Waals surface area (Å²) in [6.07, 6.45) is 0.848. The van der Waals surface area contributed by atoms with E-state index in [0.717, 1.165) is 43.6 Å². The molecule has 0 aromatic carbocycles. The maximum atomic E-state index is 5.45. The molecule has 1 unspecified atom stereocenters. The molecule has 1 fully saturated rings. The van der Waals surface area contributed by atoms with Gasteiger partial charge in [0, 0.05) is 26.1 Å². The van der Waals surface area contributed by atoms with Crippen molar-refractivity contribution in [2.75, 3.05) is 37.0 Å². The maximum Gasteiger partial charge on any atom is 0.134 e. The molecule has 0 saturated carbocycles. The molecule has 1 N–H and O–H groups in total. The Hall–Kier alpha value is -1.36. The minimum absolute atomic E-state index is 0.369. The van der Waals surface area contributed by atoms with Gasteiger partial charge in [0.25, 0.3) is 0 Å². The van der Waals surface area contributed by atoms with E-state index in [2.05, 4.69) is 34.0 Å².